The van der Waals surface area contributed by atoms with Gasteiger partial charge in [0.2, 0.25) is 10.0 Å². The number of ketones is 1. The van der Waals surface area contributed by atoms with Gasteiger partial charge in [-0.15, -0.1) is 0 Å². The van der Waals surface area contributed by atoms with Crippen molar-refractivity contribution in [2.45, 2.75) is 37.2 Å². The van der Waals surface area contributed by atoms with E-state index in [2.05, 4.69) is 10.0 Å². The summed E-state index contributed by atoms with van der Waals surface area (Å²) in [5, 5.41) is 2.71. The molecule has 1 saturated carbocycles. The number of carbonyl (C=O) groups excluding carboxylic acids is 2. The standard InChI is InChI=1S/C20H22N2O5S/c1-14(23)16-3-2-4-18(11-16)27-13-20(24)21-12-15-5-9-19(10-6-15)28(25,26)22-17-7-8-17/h2-6,9-11,17,22H,7-8,12-13H2,1H3,(H,21,24). The van der Waals surface area contributed by atoms with E-state index >= 15 is 0 Å². The zero-order valence-electron chi connectivity index (χ0n) is 15.5. The number of rotatable bonds is 9. The second kappa shape index (κ2) is 8.53. The molecule has 0 spiro atoms. The first-order valence-corrected chi connectivity index (χ1v) is 10.4. The Morgan fingerprint density at radius 2 is 1.82 bits per heavy atom. The lowest BCUT2D eigenvalue weighted by Crippen LogP contribution is -2.28. The number of sulfonamides is 1. The second-order valence-corrected chi connectivity index (χ2v) is 8.40. The Balaban J connectivity index is 1.48. The van der Waals surface area contributed by atoms with E-state index in [1.807, 2.05) is 0 Å². The van der Waals surface area contributed by atoms with Gasteiger partial charge >= 0.3 is 0 Å². The zero-order valence-corrected chi connectivity index (χ0v) is 16.3. The molecule has 0 bridgehead atoms. The van der Waals surface area contributed by atoms with Crippen LogP contribution in [0.4, 0.5) is 0 Å². The predicted octanol–water partition coefficient (Wildman–Crippen LogP) is 2.03. The summed E-state index contributed by atoms with van der Waals surface area (Å²) in [7, 11) is -3.48. The Morgan fingerprint density at radius 3 is 2.46 bits per heavy atom. The molecule has 2 aromatic rings. The lowest BCUT2D eigenvalue weighted by Gasteiger charge is -2.09. The van der Waals surface area contributed by atoms with Crippen LogP contribution in [-0.2, 0) is 21.4 Å². The molecule has 3 rings (SSSR count). The van der Waals surface area contributed by atoms with Crippen LogP contribution in [0.15, 0.2) is 53.4 Å². The number of nitrogens with one attached hydrogen (secondary N) is 2. The third-order valence-corrected chi connectivity index (χ3v) is 5.77. The van der Waals surface area contributed by atoms with Crippen LogP contribution in [0, 0.1) is 0 Å². The zero-order chi connectivity index (χ0) is 20.1. The summed E-state index contributed by atoms with van der Waals surface area (Å²) in [6.07, 6.45) is 1.76. The van der Waals surface area contributed by atoms with Gasteiger partial charge in [0.1, 0.15) is 5.75 Å². The van der Waals surface area contributed by atoms with Crippen molar-refractivity contribution in [1.82, 2.24) is 10.0 Å². The SMILES string of the molecule is CC(=O)c1cccc(OCC(=O)NCc2ccc(S(=O)(=O)NC3CC3)cc2)c1. The van der Waals surface area contributed by atoms with Crippen molar-refractivity contribution < 1.29 is 22.7 Å². The average Bonchev–Trinajstić information content (AvgIpc) is 3.48. The Labute approximate surface area is 164 Å². The van der Waals surface area contributed by atoms with Crippen LogP contribution in [0.2, 0.25) is 0 Å². The summed E-state index contributed by atoms with van der Waals surface area (Å²) >= 11 is 0. The van der Waals surface area contributed by atoms with Gasteiger partial charge in [0, 0.05) is 18.2 Å². The highest BCUT2D eigenvalue weighted by atomic mass is 32.2. The molecule has 0 saturated heterocycles. The fourth-order valence-corrected chi connectivity index (χ4v) is 3.79. The number of Topliss-reactive ketones (excluding diaryl/α,β-unsaturated/α-hetero) is 1. The fraction of sp³-hybridized carbons (Fsp3) is 0.300. The number of amides is 1. The summed E-state index contributed by atoms with van der Waals surface area (Å²) in [6, 6.07) is 13.1. The van der Waals surface area contributed by atoms with Crippen LogP contribution in [0.5, 0.6) is 5.75 Å². The molecule has 148 valence electrons. The van der Waals surface area contributed by atoms with Crippen molar-refractivity contribution in [1.29, 1.82) is 0 Å². The van der Waals surface area contributed by atoms with Gasteiger partial charge in [-0.05, 0) is 49.6 Å². The van der Waals surface area contributed by atoms with Gasteiger partial charge in [0.25, 0.3) is 5.91 Å². The smallest absolute Gasteiger partial charge is 0.258 e. The number of hydrogen-bond donors (Lipinski definition) is 2. The number of carbonyl (C=O) groups is 2. The van der Waals surface area contributed by atoms with E-state index in [9.17, 15) is 18.0 Å². The summed E-state index contributed by atoms with van der Waals surface area (Å²) in [4.78, 5) is 23.5. The summed E-state index contributed by atoms with van der Waals surface area (Å²) < 4.78 is 32.3. The van der Waals surface area contributed by atoms with Gasteiger partial charge in [0.15, 0.2) is 12.4 Å². The summed E-state index contributed by atoms with van der Waals surface area (Å²) in [5.41, 5.74) is 1.29. The van der Waals surface area contributed by atoms with Crippen molar-refractivity contribution in [3.63, 3.8) is 0 Å². The quantitative estimate of drug-likeness (QED) is 0.625. The molecular weight excluding hydrogens is 380 g/mol. The molecule has 0 aromatic heterocycles. The average molecular weight is 402 g/mol. The topological polar surface area (TPSA) is 102 Å². The molecule has 2 N–H and O–H groups in total. The Hall–Kier alpha value is -2.71. The minimum absolute atomic E-state index is 0.0557. The molecule has 0 heterocycles. The molecule has 1 aliphatic rings. The van der Waals surface area contributed by atoms with Crippen LogP contribution in [-0.4, -0.2) is 32.8 Å². The van der Waals surface area contributed by atoms with Gasteiger partial charge in [-0.1, -0.05) is 24.3 Å². The lowest BCUT2D eigenvalue weighted by molar-refractivity contribution is -0.123. The van der Waals surface area contributed by atoms with E-state index in [0.29, 0.717) is 11.3 Å². The van der Waals surface area contributed by atoms with E-state index < -0.39 is 10.0 Å². The highest BCUT2D eigenvalue weighted by Crippen LogP contribution is 2.22. The van der Waals surface area contributed by atoms with Crippen molar-refractivity contribution in [3.8, 4) is 5.75 Å². The van der Waals surface area contributed by atoms with Crippen molar-refractivity contribution in [2.75, 3.05) is 6.61 Å². The van der Waals surface area contributed by atoms with Gasteiger partial charge in [-0.2, -0.15) is 0 Å². The minimum Gasteiger partial charge on any atom is -0.484 e. The van der Waals surface area contributed by atoms with Crippen LogP contribution in [0.1, 0.15) is 35.7 Å². The maximum absolute atomic E-state index is 12.1. The largest absolute Gasteiger partial charge is 0.484 e. The highest BCUT2D eigenvalue weighted by molar-refractivity contribution is 7.89. The van der Waals surface area contributed by atoms with E-state index in [0.717, 1.165) is 18.4 Å². The van der Waals surface area contributed by atoms with Crippen molar-refractivity contribution in [2.24, 2.45) is 0 Å². The monoisotopic (exact) mass is 402 g/mol. The molecule has 1 amide bonds. The van der Waals surface area contributed by atoms with Crippen LogP contribution in [0.25, 0.3) is 0 Å². The van der Waals surface area contributed by atoms with Crippen LogP contribution in [0.3, 0.4) is 0 Å². The molecule has 2 aromatic carbocycles. The number of ether oxygens (including phenoxy) is 1. The Morgan fingerprint density at radius 1 is 1.11 bits per heavy atom. The fourth-order valence-electron chi connectivity index (χ4n) is 2.48. The van der Waals surface area contributed by atoms with Crippen molar-refractivity contribution >= 4 is 21.7 Å². The molecular formula is C20H22N2O5S. The van der Waals surface area contributed by atoms with Crippen LogP contribution >= 0.6 is 0 Å². The summed E-state index contributed by atoms with van der Waals surface area (Å²) in [6.45, 7) is 1.54. The molecule has 8 heteroatoms. The molecule has 28 heavy (non-hydrogen) atoms. The van der Waals surface area contributed by atoms with E-state index in [1.54, 1.807) is 36.4 Å². The molecule has 0 aliphatic heterocycles. The van der Waals surface area contributed by atoms with E-state index in [4.69, 9.17) is 4.74 Å². The molecule has 0 radical (unpaired) electrons. The first-order valence-electron chi connectivity index (χ1n) is 8.95. The molecule has 1 fully saturated rings. The van der Waals surface area contributed by atoms with E-state index in [1.165, 1.54) is 19.1 Å². The van der Waals surface area contributed by atoms with Crippen LogP contribution < -0.4 is 14.8 Å². The Kier molecular flexibility index (Phi) is 6.11. The maximum Gasteiger partial charge on any atom is 0.258 e. The molecule has 7 nitrogen and oxygen atoms in total. The van der Waals surface area contributed by atoms with Crippen molar-refractivity contribution in [3.05, 3.63) is 59.7 Å². The van der Waals surface area contributed by atoms with E-state index in [-0.39, 0.29) is 35.8 Å². The third kappa shape index (κ3) is 5.64. The third-order valence-electron chi connectivity index (χ3n) is 4.23. The van der Waals surface area contributed by atoms with Gasteiger partial charge < -0.3 is 10.1 Å². The number of hydrogen-bond acceptors (Lipinski definition) is 5. The normalized spacial score (nSPS) is 13.8. The molecule has 0 unspecified atom stereocenters. The van der Waals surface area contributed by atoms with Gasteiger partial charge in [0.05, 0.1) is 4.90 Å². The lowest BCUT2D eigenvalue weighted by atomic mass is 10.1. The first kappa shape index (κ1) is 20.0. The van der Waals surface area contributed by atoms with Gasteiger partial charge in [-0.3, -0.25) is 9.59 Å². The molecule has 1 aliphatic carbocycles. The Bertz CT molecular complexity index is 966. The number of benzene rings is 2. The highest BCUT2D eigenvalue weighted by Gasteiger charge is 2.27. The molecule has 0 atom stereocenters. The predicted molar refractivity (Wildman–Crippen MR) is 104 cm³/mol. The van der Waals surface area contributed by atoms with Gasteiger partial charge in [-0.25, -0.2) is 13.1 Å². The summed E-state index contributed by atoms with van der Waals surface area (Å²) in [5.74, 6) is 0.0496. The first-order chi connectivity index (χ1) is 13.3. The minimum atomic E-state index is -3.48. The second-order valence-electron chi connectivity index (χ2n) is 6.69. The maximum atomic E-state index is 12.1.